The summed E-state index contributed by atoms with van der Waals surface area (Å²) in [6.07, 6.45) is 2.41. The molecule has 0 fully saturated rings. The first-order valence-corrected chi connectivity index (χ1v) is 8.91. The highest BCUT2D eigenvalue weighted by atomic mass is 32.2. The molecule has 0 amide bonds. The van der Waals surface area contributed by atoms with Crippen molar-refractivity contribution in [3.8, 4) is 0 Å². The maximum atomic E-state index is 12.1. The summed E-state index contributed by atoms with van der Waals surface area (Å²) in [7, 11) is -3.62. The fraction of sp³-hybridized carbons (Fsp3) is 0.714. The highest BCUT2D eigenvalue weighted by Crippen LogP contribution is 2.15. The Labute approximate surface area is 127 Å². The predicted molar refractivity (Wildman–Crippen MR) is 81.4 cm³/mol. The highest BCUT2D eigenvalue weighted by molar-refractivity contribution is 7.89. The van der Waals surface area contributed by atoms with Gasteiger partial charge >= 0.3 is 0 Å². The van der Waals surface area contributed by atoms with Crippen LogP contribution in [0.15, 0.2) is 21.6 Å². The van der Waals surface area contributed by atoms with Gasteiger partial charge in [-0.2, -0.15) is 0 Å². The SMILES string of the molecule is CCCNCc1ccc(S(=O)(=O)NCC(CC)CCO)o1. The Bertz CT molecular complexity index is 499. The minimum atomic E-state index is -3.62. The van der Waals surface area contributed by atoms with E-state index in [0.717, 1.165) is 19.4 Å². The molecule has 6 nitrogen and oxygen atoms in total. The standard InChI is InChI=1S/C14H26N2O4S/c1-3-8-15-11-13-5-6-14(20-13)21(18,19)16-10-12(4-2)7-9-17/h5-6,12,15-17H,3-4,7-11H2,1-2H3. The third kappa shape index (κ3) is 6.17. The molecule has 0 aromatic carbocycles. The molecule has 0 spiro atoms. The number of aliphatic hydroxyl groups is 1. The van der Waals surface area contributed by atoms with Crippen LogP contribution in [0.3, 0.4) is 0 Å². The van der Waals surface area contributed by atoms with Crippen LogP contribution in [0, 0.1) is 5.92 Å². The summed E-state index contributed by atoms with van der Waals surface area (Å²) >= 11 is 0. The van der Waals surface area contributed by atoms with Gasteiger partial charge in [0.2, 0.25) is 5.09 Å². The third-order valence-corrected chi connectivity index (χ3v) is 4.60. The maximum Gasteiger partial charge on any atom is 0.273 e. The Balaban J connectivity index is 2.57. The van der Waals surface area contributed by atoms with Crippen LogP contribution in [0.4, 0.5) is 0 Å². The average molecular weight is 318 g/mol. The molecule has 0 aliphatic heterocycles. The Morgan fingerprint density at radius 3 is 2.71 bits per heavy atom. The zero-order valence-electron chi connectivity index (χ0n) is 12.8. The summed E-state index contributed by atoms with van der Waals surface area (Å²) in [6.45, 7) is 5.79. The molecule has 0 radical (unpaired) electrons. The number of rotatable bonds is 11. The van der Waals surface area contributed by atoms with E-state index in [2.05, 4.69) is 17.0 Å². The minimum Gasteiger partial charge on any atom is -0.447 e. The van der Waals surface area contributed by atoms with E-state index in [1.54, 1.807) is 6.07 Å². The van der Waals surface area contributed by atoms with Crippen LogP contribution in [-0.2, 0) is 16.6 Å². The van der Waals surface area contributed by atoms with Gasteiger partial charge in [-0.3, -0.25) is 0 Å². The average Bonchev–Trinajstić information content (AvgIpc) is 2.93. The molecule has 1 rings (SSSR count). The van der Waals surface area contributed by atoms with Gasteiger partial charge in [-0.05, 0) is 37.4 Å². The topological polar surface area (TPSA) is 91.6 Å². The second kappa shape index (κ2) is 9.19. The van der Waals surface area contributed by atoms with E-state index in [4.69, 9.17) is 9.52 Å². The van der Waals surface area contributed by atoms with Crippen LogP contribution in [-0.4, -0.2) is 33.2 Å². The lowest BCUT2D eigenvalue weighted by Gasteiger charge is -2.13. The van der Waals surface area contributed by atoms with Gasteiger partial charge in [0.05, 0.1) is 6.54 Å². The lowest BCUT2D eigenvalue weighted by atomic mass is 10.0. The monoisotopic (exact) mass is 318 g/mol. The molecule has 0 bridgehead atoms. The number of hydrogen-bond acceptors (Lipinski definition) is 5. The highest BCUT2D eigenvalue weighted by Gasteiger charge is 2.20. The van der Waals surface area contributed by atoms with Gasteiger partial charge in [0, 0.05) is 13.2 Å². The summed E-state index contributed by atoms with van der Waals surface area (Å²) in [6, 6.07) is 3.14. The van der Waals surface area contributed by atoms with E-state index in [1.165, 1.54) is 6.07 Å². The summed E-state index contributed by atoms with van der Waals surface area (Å²) in [4.78, 5) is 0. The molecule has 0 aliphatic rings. The quantitative estimate of drug-likeness (QED) is 0.537. The Morgan fingerprint density at radius 2 is 2.10 bits per heavy atom. The summed E-state index contributed by atoms with van der Waals surface area (Å²) in [5.74, 6) is 0.733. The molecule has 1 unspecified atom stereocenters. The van der Waals surface area contributed by atoms with Crippen molar-refractivity contribution >= 4 is 10.0 Å². The molecule has 0 aliphatic carbocycles. The Hall–Kier alpha value is -0.890. The van der Waals surface area contributed by atoms with E-state index >= 15 is 0 Å². The normalized spacial score (nSPS) is 13.5. The first-order valence-electron chi connectivity index (χ1n) is 7.43. The molecule has 1 aromatic heterocycles. The van der Waals surface area contributed by atoms with E-state index < -0.39 is 10.0 Å². The summed E-state index contributed by atoms with van der Waals surface area (Å²) < 4.78 is 32.1. The molecule has 1 aromatic rings. The predicted octanol–water partition coefficient (Wildman–Crippen LogP) is 1.47. The van der Waals surface area contributed by atoms with Crippen LogP contribution in [0.2, 0.25) is 0 Å². The van der Waals surface area contributed by atoms with Gasteiger partial charge in [0.1, 0.15) is 5.76 Å². The lowest BCUT2D eigenvalue weighted by molar-refractivity contribution is 0.254. The van der Waals surface area contributed by atoms with Crippen molar-refractivity contribution in [1.29, 1.82) is 0 Å². The van der Waals surface area contributed by atoms with Crippen molar-refractivity contribution in [1.82, 2.24) is 10.0 Å². The van der Waals surface area contributed by atoms with Gasteiger partial charge in [0.15, 0.2) is 0 Å². The first-order chi connectivity index (χ1) is 10.0. The molecule has 21 heavy (non-hydrogen) atoms. The molecule has 7 heteroatoms. The summed E-state index contributed by atoms with van der Waals surface area (Å²) in [5, 5.41) is 12.0. The number of sulfonamides is 1. The van der Waals surface area contributed by atoms with Crippen molar-refractivity contribution in [3.05, 3.63) is 17.9 Å². The van der Waals surface area contributed by atoms with Gasteiger partial charge in [0.25, 0.3) is 10.0 Å². The Kier molecular flexibility index (Phi) is 7.95. The van der Waals surface area contributed by atoms with E-state index in [1.807, 2.05) is 6.92 Å². The maximum absolute atomic E-state index is 12.1. The molecule has 0 saturated heterocycles. The van der Waals surface area contributed by atoms with Crippen LogP contribution < -0.4 is 10.0 Å². The molecule has 122 valence electrons. The second-order valence-electron chi connectivity index (χ2n) is 5.04. The zero-order chi connectivity index (χ0) is 15.7. The van der Waals surface area contributed by atoms with Crippen LogP contribution in [0.25, 0.3) is 0 Å². The Morgan fingerprint density at radius 1 is 1.33 bits per heavy atom. The number of furan rings is 1. The molecule has 1 atom stereocenters. The van der Waals surface area contributed by atoms with E-state index in [-0.39, 0.29) is 17.6 Å². The largest absolute Gasteiger partial charge is 0.447 e. The summed E-state index contributed by atoms with van der Waals surface area (Å²) in [5.41, 5.74) is 0. The van der Waals surface area contributed by atoms with E-state index in [9.17, 15) is 8.42 Å². The smallest absolute Gasteiger partial charge is 0.273 e. The first kappa shape index (κ1) is 18.2. The van der Waals surface area contributed by atoms with Crippen LogP contribution >= 0.6 is 0 Å². The fourth-order valence-electron chi connectivity index (χ4n) is 1.92. The number of hydrogen-bond donors (Lipinski definition) is 3. The molecule has 0 saturated carbocycles. The molecular weight excluding hydrogens is 292 g/mol. The minimum absolute atomic E-state index is 0.0605. The van der Waals surface area contributed by atoms with Gasteiger partial charge in [-0.1, -0.05) is 20.3 Å². The fourth-order valence-corrected chi connectivity index (χ4v) is 2.98. The third-order valence-electron chi connectivity index (χ3n) is 3.30. The number of aliphatic hydroxyl groups excluding tert-OH is 1. The van der Waals surface area contributed by atoms with Crippen LogP contribution in [0.1, 0.15) is 38.9 Å². The number of nitrogens with one attached hydrogen (secondary N) is 2. The van der Waals surface area contributed by atoms with Gasteiger partial charge in [-0.15, -0.1) is 0 Å². The molecular formula is C14H26N2O4S. The van der Waals surface area contributed by atoms with Crippen molar-refractivity contribution in [2.45, 2.75) is 44.7 Å². The molecule has 1 heterocycles. The second-order valence-corrected chi connectivity index (χ2v) is 6.73. The van der Waals surface area contributed by atoms with E-state index in [0.29, 0.717) is 25.3 Å². The lowest BCUT2D eigenvalue weighted by Crippen LogP contribution is -2.29. The van der Waals surface area contributed by atoms with Crippen molar-refractivity contribution in [2.24, 2.45) is 5.92 Å². The van der Waals surface area contributed by atoms with Gasteiger partial charge < -0.3 is 14.8 Å². The van der Waals surface area contributed by atoms with Crippen molar-refractivity contribution in [2.75, 3.05) is 19.7 Å². The van der Waals surface area contributed by atoms with Crippen LogP contribution in [0.5, 0.6) is 0 Å². The van der Waals surface area contributed by atoms with Gasteiger partial charge in [-0.25, -0.2) is 13.1 Å². The zero-order valence-corrected chi connectivity index (χ0v) is 13.6. The van der Waals surface area contributed by atoms with Crippen molar-refractivity contribution < 1.29 is 17.9 Å². The molecule has 3 N–H and O–H groups in total. The van der Waals surface area contributed by atoms with Crippen molar-refractivity contribution in [3.63, 3.8) is 0 Å².